The van der Waals surface area contributed by atoms with E-state index < -0.39 is 23.0 Å². The van der Waals surface area contributed by atoms with Crippen LogP contribution in [0.15, 0.2) is 35.5 Å². The second-order valence-corrected chi connectivity index (χ2v) is 13.8. The van der Waals surface area contributed by atoms with Gasteiger partial charge in [-0.05, 0) is 67.3 Å². The highest BCUT2D eigenvalue weighted by atomic mass is 16.6. The van der Waals surface area contributed by atoms with Crippen molar-refractivity contribution in [3.63, 3.8) is 0 Å². The zero-order chi connectivity index (χ0) is 25.5. The molecule has 12 atom stereocenters. The van der Waals surface area contributed by atoms with Crippen molar-refractivity contribution in [2.24, 2.45) is 45.8 Å². The van der Waals surface area contributed by atoms with Crippen LogP contribution >= 0.6 is 0 Å². The molecule has 194 valence electrons. The molecule has 0 aromatic rings. The Morgan fingerprint density at radius 3 is 2.47 bits per heavy atom. The van der Waals surface area contributed by atoms with Gasteiger partial charge in [-0.2, -0.15) is 0 Å². The summed E-state index contributed by atoms with van der Waals surface area (Å²) in [5.41, 5.74) is 3.15. The summed E-state index contributed by atoms with van der Waals surface area (Å²) in [4.78, 5) is 26.2. The molecule has 2 aliphatic heterocycles. The summed E-state index contributed by atoms with van der Waals surface area (Å²) in [7, 11) is 0. The van der Waals surface area contributed by atoms with E-state index >= 15 is 0 Å². The maximum atomic E-state index is 13.9. The van der Waals surface area contributed by atoms with Gasteiger partial charge in [0.15, 0.2) is 0 Å². The van der Waals surface area contributed by atoms with E-state index in [1.54, 1.807) is 0 Å². The molecule has 6 heteroatoms. The Hall–Kier alpha value is -1.92. The average Bonchev–Trinajstić information content (AvgIpc) is 3.41. The number of carbonyl (C=O) groups is 2. The van der Waals surface area contributed by atoms with Crippen LogP contribution in [-0.4, -0.2) is 46.6 Å². The molecule has 2 bridgehead atoms. The Morgan fingerprint density at radius 2 is 1.72 bits per heavy atom. The number of esters is 2. The lowest BCUT2D eigenvalue weighted by atomic mass is 9.49. The number of fused-ring (bicyclic) bond motifs is 9. The molecular weight excluding hydrogens is 456 g/mol. The van der Waals surface area contributed by atoms with E-state index in [0.717, 1.165) is 37.7 Å². The second-order valence-electron chi connectivity index (χ2n) is 13.8. The van der Waals surface area contributed by atoms with Crippen LogP contribution in [0.5, 0.6) is 0 Å². The number of rotatable bonds is 0. The normalized spacial score (nSPS) is 55.2. The monoisotopic (exact) mass is 494 g/mol. The second kappa shape index (κ2) is 6.93. The highest BCUT2D eigenvalue weighted by molar-refractivity contribution is 5.91. The van der Waals surface area contributed by atoms with E-state index in [1.807, 2.05) is 0 Å². The number of allylic oxidation sites excluding steroid dienone is 2. The van der Waals surface area contributed by atoms with Gasteiger partial charge in [-0.25, -0.2) is 4.79 Å². The van der Waals surface area contributed by atoms with Crippen molar-refractivity contribution in [1.82, 2.24) is 0 Å². The van der Waals surface area contributed by atoms with Crippen LogP contribution in [0.3, 0.4) is 0 Å². The molecule has 2 heterocycles. The number of aliphatic hydroxyl groups is 2. The fraction of sp³-hybridized carbons (Fsp3) is 0.733. The molecule has 6 nitrogen and oxygen atoms in total. The Morgan fingerprint density at radius 1 is 0.972 bits per heavy atom. The number of carbonyl (C=O) groups excluding carboxylic acids is 2. The largest absolute Gasteiger partial charge is 0.462 e. The van der Waals surface area contributed by atoms with Crippen molar-refractivity contribution in [3.8, 4) is 0 Å². The van der Waals surface area contributed by atoms with Gasteiger partial charge in [-0.1, -0.05) is 45.1 Å². The predicted molar refractivity (Wildman–Crippen MR) is 131 cm³/mol. The van der Waals surface area contributed by atoms with Crippen molar-refractivity contribution >= 4 is 11.9 Å². The van der Waals surface area contributed by atoms with Gasteiger partial charge >= 0.3 is 11.9 Å². The lowest BCUT2D eigenvalue weighted by Gasteiger charge is -2.55. The average molecular weight is 495 g/mol. The minimum absolute atomic E-state index is 0.0297. The first-order chi connectivity index (χ1) is 16.9. The smallest absolute Gasteiger partial charge is 0.334 e. The summed E-state index contributed by atoms with van der Waals surface area (Å²) >= 11 is 0. The van der Waals surface area contributed by atoms with Crippen LogP contribution in [-0.2, 0) is 19.1 Å². The Balaban J connectivity index is 1.29. The lowest BCUT2D eigenvalue weighted by Crippen LogP contribution is -2.56. The zero-order valence-corrected chi connectivity index (χ0v) is 21.6. The molecule has 36 heavy (non-hydrogen) atoms. The Bertz CT molecular complexity index is 1150. The van der Waals surface area contributed by atoms with Crippen molar-refractivity contribution in [3.05, 3.63) is 35.5 Å². The molecule has 0 amide bonds. The van der Waals surface area contributed by atoms with E-state index in [4.69, 9.17) is 9.47 Å². The summed E-state index contributed by atoms with van der Waals surface area (Å²) in [6, 6.07) is 0. The first-order valence-corrected chi connectivity index (χ1v) is 13.8. The van der Waals surface area contributed by atoms with Gasteiger partial charge < -0.3 is 19.7 Å². The van der Waals surface area contributed by atoms with Crippen molar-refractivity contribution < 1.29 is 29.3 Å². The third-order valence-electron chi connectivity index (χ3n) is 12.1. The first-order valence-electron chi connectivity index (χ1n) is 13.8. The van der Waals surface area contributed by atoms with Crippen LogP contribution in [0.2, 0.25) is 0 Å². The molecule has 7 rings (SSSR count). The lowest BCUT2D eigenvalue weighted by molar-refractivity contribution is -0.152. The molecule has 7 aliphatic rings. The van der Waals surface area contributed by atoms with Gasteiger partial charge in [0, 0.05) is 29.2 Å². The van der Waals surface area contributed by atoms with Gasteiger partial charge in [0.2, 0.25) is 0 Å². The summed E-state index contributed by atoms with van der Waals surface area (Å²) in [5, 5.41) is 21.6. The van der Waals surface area contributed by atoms with Gasteiger partial charge in [0.25, 0.3) is 0 Å². The predicted octanol–water partition coefficient (Wildman–Crippen LogP) is 3.87. The van der Waals surface area contributed by atoms with Crippen molar-refractivity contribution in [1.29, 1.82) is 0 Å². The standard InChI is InChI=1S/C30H38O6/c1-13-6-22-16(14(2)26(33)35-22)7-19-25(13)20-10-28(19,4)12-30(20)18-8-17-15(3)21(31)9-24(32)29(17,5)11-23(18)36-27(30)34/h13,16-18,20-24,31-32H,2-3,6-12H2,1,4-5H3/t13-,16+,17-,18-,20-,21+,22-,23+,24-,28-,29+,30-/m0/s1. The summed E-state index contributed by atoms with van der Waals surface area (Å²) < 4.78 is 12.0. The van der Waals surface area contributed by atoms with Crippen LogP contribution in [0.1, 0.15) is 65.7 Å². The topological polar surface area (TPSA) is 93.1 Å². The minimum Gasteiger partial charge on any atom is -0.462 e. The minimum atomic E-state index is -0.701. The summed E-state index contributed by atoms with van der Waals surface area (Å²) in [6.45, 7) is 14.9. The van der Waals surface area contributed by atoms with E-state index in [2.05, 4.69) is 33.9 Å². The molecule has 2 N–H and O–H groups in total. The Labute approximate surface area is 212 Å². The highest BCUT2D eigenvalue weighted by Gasteiger charge is 2.74. The van der Waals surface area contributed by atoms with Crippen molar-refractivity contribution in [2.75, 3.05) is 0 Å². The maximum absolute atomic E-state index is 13.9. The van der Waals surface area contributed by atoms with E-state index in [0.29, 0.717) is 18.4 Å². The van der Waals surface area contributed by atoms with E-state index in [1.165, 1.54) is 11.1 Å². The highest BCUT2D eigenvalue weighted by Crippen LogP contribution is 2.75. The molecule has 5 fully saturated rings. The number of ether oxygens (including phenoxy) is 2. The summed E-state index contributed by atoms with van der Waals surface area (Å²) in [5.74, 6) is 0.106. The molecule has 3 saturated carbocycles. The third kappa shape index (κ3) is 2.56. The van der Waals surface area contributed by atoms with E-state index in [-0.39, 0.29) is 59.2 Å². The zero-order valence-electron chi connectivity index (χ0n) is 21.6. The SMILES string of the molecule is C=C1C(=O)O[C@H]2C[C@H](C)C3=C(C[C@H]12)[C@@]1(C)C[C@@H]3[C@@]2(C1)C(=O)O[C@@H]1C[C@@]3(C)[C@@H](O)C[C@@H](O)C(=C)[C@@H]3C[C@@H]12. The molecule has 0 unspecified atom stereocenters. The molecule has 2 saturated heterocycles. The van der Waals surface area contributed by atoms with Gasteiger partial charge in [0.05, 0.1) is 17.6 Å². The summed E-state index contributed by atoms with van der Waals surface area (Å²) in [6.07, 6.45) is 3.28. The third-order valence-corrected chi connectivity index (χ3v) is 12.1. The fourth-order valence-electron chi connectivity index (χ4n) is 10.4. The van der Waals surface area contributed by atoms with E-state index in [9.17, 15) is 19.8 Å². The maximum Gasteiger partial charge on any atom is 0.334 e. The van der Waals surface area contributed by atoms with Crippen molar-refractivity contribution in [2.45, 2.75) is 90.1 Å². The van der Waals surface area contributed by atoms with Crippen LogP contribution in [0, 0.1) is 45.8 Å². The quantitative estimate of drug-likeness (QED) is 0.302. The van der Waals surface area contributed by atoms with Gasteiger partial charge in [0.1, 0.15) is 12.2 Å². The number of aliphatic hydroxyl groups excluding tert-OH is 2. The molecule has 0 radical (unpaired) electrons. The number of hydrogen-bond donors (Lipinski definition) is 2. The van der Waals surface area contributed by atoms with Gasteiger partial charge in [-0.3, -0.25) is 4.79 Å². The fourth-order valence-corrected chi connectivity index (χ4v) is 10.4. The first kappa shape index (κ1) is 23.2. The number of hydrogen-bond acceptors (Lipinski definition) is 6. The van der Waals surface area contributed by atoms with Gasteiger partial charge in [-0.15, -0.1) is 0 Å². The molecule has 5 aliphatic carbocycles. The van der Waals surface area contributed by atoms with Crippen LogP contribution in [0.25, 0.3) is 0 Å². The molecular formula is C30H38O6. The molecule has 1 spiro atoms. The van der Waals surface area contributed by atoms with Crippen LogP contribution < -0.4 is 0 Å². The van der Waals surface area contributed by atoms with Crippen LogP contribution in [0.4, 0.5) is 0 Å². The molecule has 0 aromatic heterocycles. The molecule has 0 aromatic carbocycles. The Kier molecular flexibility index (Phi) is 4.47.